The number of sulfonamides is 2. The van der Waals surface area contributed by atoms with Gasteiger partial charge in [0.1, 0.15) is 9.96 Å². The van der Waals surface area contributed by atoms with Crippen molar-refractivity contribution < 1.29 is 21.6 Å². The van der Waals surface area contributed by atoms with Gasteiger partial charge in [-0.15, -0.1) is 11.3 Å². The number of benzene rings is 2. The fraction of sp³-hybridized carbons (Fsp3) is 0.0588. The van der Waals surface area contributed by atoms with Crippen LogP contribution in [0, 0.1) is 0 Å². The van der Waals surface area contributed by atoms with Crippen LogP contribution in [-0.4, -0.2) is 23.9 Å². The standard InChI is InChI=1S/C17H14Cl2N2O5S3/c1-26-16-7-4-11(20-29(24,25)17-3-2-8-27-17)9-15(16)21-28(22,23)12-5-6-13(18)14(19)10-12/h2-10,20-21H,1H3. The molecule has 154 valence electrons. The predicted octanol–water partition coefficient (Wildman–Crippen LogP) is 4.67. The van der Waals surface area contributed by atoms with Crippen molar-refractivity contribution in [3.63, 3.8) is 0 Å². The summed E-state index contributed by atoms with van der Waals surface area (Å²) in [4.78, 5) is -0.112. The van der Waals surface area contributed by atoms with Crippen LogP contribution >= 0.6 is 34.5 Å². The number of halogens is 2. The number of thiophene rings is 1. The summed E-state index contributed by atoms with van der Waals surface area (Å²) < 4.78 is 60.3. The molecule has 2 N–H and O–H groups in total. The van der Waals surface area contributed by atoms with Crippen LogP contribution in [0.4, 0.5) is 11.4 Å². The van der Waals surface area contributed by atoms with Gasteiger partial charge in [0.2, 0.25) is 0 Å². The second-order valence-electron chi connectivity index (χ2n) is 5.63. The Morgan fingerprint density at radius 2 is 1.66 bits per heavy atom. The molecule has 0 radical (unpaired) electrons. The first-order valence-electron chi connectivity index (χ1n) is 7.84. The van der Waals surface area contributed by atoms with Crippen LogP contribution in [0.5, 0.6) is 5.75 Å². The van der Waals surface area contributed by atoms with Gasteiger partial charge in [-0.2, -0.15) is 0 Å². The minimum atomic E-state index is -4.04. The number of anilines is 2. The van der Waals surface area contributed by atoms with Crippen molar-refractivity contribution in [2.45, 2.75) is 9.10 Å². The molecule has 0 spiro atoms. The van der Waals surface area contributed by atoms with Gasteiger partial charge in [-0.3, -0.25) is 9.44 Å². The van der Waals surface area contributed by atoms with Crippen LogP contribution in [0.25, 0.3) is 0 Å². The molecule has 0 saturated carbocycles. The minimum Gasteiger partial charge on any atom is -0.495 e. The van der Waals surface area contributed by atoms with E-state index in [1.165, 1.54) is 49.6 Å². The molecule has 0 aliphatic carbocycles. The Hall–Kier alpha value is -1.98. The zero-order chi connectivity index (χ0) is 21.2. The van der Waals surface area contributed by atoms with Crippen molar-refractivity contribution in [2.24, 2.45) is 0 Å². The summed E-state index contributed by atoms with van der Waals surface area (Å²) in [7, 11) is -6.47. The van der Waals surface area contributed by atoms with Crippen LogP contribution in [0.2, 0.25) is 10.0 Å². The van der Waals surface area contributed by atoms with E-state index in [0.29, 0.717) is 0 Å². The zero-order valence-electron chi connectivity index (χ0n) is 14.7. The highest BCUT2D eigenvalue weighted by atomic mass is 35.5. The highest BCUT2D eigenvalue weighted by Gasteiger charge is 2.20. The van der Waals surface area contributed by atoms with E-state index in [2.05, 4.69) is 9.44 Å². The van der Waals surface area contributed by atoms with E-state index in [1.807, 2.05) is 0 Å². The molecule has 3 rings (SSSR count). The van der Waals surface area contributed by atoms with Crippen molar-refractivity contribution in [3.8, 4) is 5.75 Å². The number of ether oxygens (including phenoxy) is 1. The quantitative estimate of drug-likeness (QED) is 0.498. The molecule has 0 atom stereocenters. The largest absolute Gasteiger partial charge is 0.495 e. The van der Waals surface area contributed by atoms with E-state index in [4.69, 9.17) is 27.9 Å². The first-order chi connectivity index (χ1) is 13.6. The monoisotopic (exact) mass is 492 g/mol. The summed E-state index contributed by atoms with van der Waals surface area (Å²) in [6, 6.07) is 11.2. The molecule has 0 aliphatic rings. The Balaban J connectivity index is 1.94. The average Bonchev–Trinajstić information content (AvgIpc) is 3.19. The molecular formula is C17H14Cl2N2O5S3. The summed E-state index contributed by atoms with van der Waals surface area (Å²) in [5.41, 5.74) is 0.205. The third-order valence-electron chi connectivity index (χ3n) is 3.66. The highest BCUT2D eigenvalue weighted by Crippen LogP contribution is 2.32. The van der Waals surface area contributed by atoms with Gasteiger partial charge in [0, 0.05) is 0 Å². The Morgan fingerprint density at radius 3 is 2.28 bits per heavy atom. The number of hydrogen-bond donors (Lipinski definition) is 2. The van der Waals surface area contributed by atoms with Gasteiger partial charge in [-0.05, 0) is 47.8 Å². The molecule has 0 fully saturated rings. The van der Waals surface area contributed by atoms with E-state index >= 15 is 0 Å². The number of rotatable bonds is 7. The van der Waals surface area contributed by atoms with Crippen molar-refractivity contribution in [1.29, 1.82) is 0 Å². The fourth-order valence-electron chi connectivity index (χ4n) is 2.32. The maximum absolute atomic E-state index is 12.7. The lowest BCUT2D eigenvalue weighted by molar-refractivity contribution is 0.417. The van der Waals surface area contributed by atoms with Gasteiger partial charge in [-0.25, -0.2) is 16.8 Å². The molecule has 0 aliphatic heterocycles. The van der Waals surface area contributed by atoms with Crippen molar-refractivity contribution in [1.82, 2.24) is 0 Å². The summed E-state index contributed by atoms with van der Waals surface area (Å²) in [5.74, 6) is 0.202. The molecule has 0 saturated heterocycles. The highest BCUT2D eigenvalue weighted by molar-refractivity contribution is 7.94. The summed E-state index contributed by atoms with van der Waals surface area (Å²) in [6.07, 6.45) is 0. The smallest absolute Gasteiger partial charge is 0.271 e. The Morgan fingerprint density at radius 1 is 0.897 bits per heavy atom. The second kappa shape index (κ2) is 8.41. The Kier molecular flexibility index (Phi) is 6.30. The maximum atomic E-state index is 12.7. The summed E-state index contributed by atoms with van der Waals surface area (Å²) in [5, 5.41) is 1.94. The van der Waals surface area contributed by atoms with Gasteiger partial charge in [0.15, 0.2) is 0 Å². The molecule has 1 aromatic heterocycles. The average molecular weight is 493 g/mol. The molecule has 0 amide bonds. The molecule has 12 heteroatoms. The predicted molar refractivity (Wildman–Crippen MR) is 115 cm³/mol. The van der Waals surface area contributed by atoms with Crippen molar-refractivity contribution in [2.75, 3.05) is 16.6 Å². The minimum absolute atomic E-state index is 0.0463. The normalized spacial score (nSPS) is 11.8. The van der Waals surface area contributed by atoms with E-state index in [9.17, 15) is 16.8 Å². The van der Waals surface area contributed by atoms with E-state index < -0.39 is 20.0 Å². The topological polar surface area (TPSA) is 102 Å². The number of methoxy groups -OCH3 is 1. The summed E-state index contributed by atoms with van der Waals surface area (Å²) in [6.45, 7) is 0. The molecule has 0 unspecified atom stereocenters. The SMILES string of the molecule is COc1ccc(NS(=O)(=O)c2cccs2)cc1NS(=O)(=O)c1ccc(Cl)c(Cl)c1. The van der Waals surface area contributed by atoms with Gasteiger partial charge in [0.25, 0.3) is 20.0 Å². The molecule has 1 heterocycles. The zero-order valence-corrected chi connectivity index (χ0v) is 18.7. The lowest BCUT2D eigenvalue weighted by Crippen LogP contribution is -2.15. The Labute approximate surface area is 182 Å². The van der Waals surface area contributed by atoms with Crippen LogP contribution in [0.3, 0.4) is 0 Å². The number of nitrogens with one attached hydrogen (secondary N) is 2. The van der Waals surface area contributed by atoms with Crippen LogP contribution < -0.4 is 14.2 Å². The lowest BCUT2D eigenvalue weighted by atomic mass is 10.2. The van der Waals surface area contributed by atoms with Gasteiger partial charge in [0.05, 0.1) is 33.4 Å². The first kappa shape index (κ1) is 21.7. The molecule has 0 bridgehead atoms. The second-order valence-corrected chi connectivity index (χ2v) is 11.0. The van der Waals surface area contributed by atoms with Gasteiger partial charge < -0.3 is 4.74 Å². The Bertz CT molecular complexity index is 1240. The van der Waals surface area contributed by atoms with E-state index in [-0.39, 0.29) is 36.3 Å². The number of hydrogen-bond acceptors (Lipinski definition) is 6. The van der Waals surface area contributed by atoms with Crippen LogP contribution in [0.15, 0.2) is 63.0 Å². The summed E-state index contributed by atoms with van der Waals surface area (Å²) >= 11 is 12.8. The van der Waals surface area contributed by atoms with Crippen molar-refractivity contribution in [3.05, 3.63) is 64.0 Å². The van der Waals surface area contributed by atoms with Gasteiger partial charge >= 0.3 is 0 Å². The molecule has 2 aromatic carbocycles. The molecule has 3 aromatic rings. The fourth-order valence-corrected chi connectivity index (χ4v) is 5.81. The lowest BCUT2D eigenvalue weighted by Gasteiger charge is -2.14. The third kappa shape index (κ3) is 4.96. The molecule has 7 nitrogen and oxygen atoms in total. The molecular weight excluding hydrogens is 479 g/mol. The van der Waals surface area contributed by atoms with E-state index in [1.54, 1.807) is 11.4 Å². The maximum Gasteiger partial charge on any atom is 0.271 e. The first-order valence-corrected chi connectivity index (χ1v) is 12.4. The van der Waals surface area contributed by atoms with Crippen LogP contribution in [0.1, 0.15) is 0 Å². The van der Waals surface area contributed by atoms with Crippen LogP contribution in [-0.2, 0) is 20.0 Å². The molecule has 29 heavy (non-hydrogen) atoms. The van der Waals surface area contributed by atoms with Crippen molar-refractivity contribution >= 4 is 66.0 Å². The third-order valence-corrected chi connectivity index (χ3v) is 8.54. The van der Waals surface area contributed by atoms with Gasteiger partial charge in [-0.1, -0.05) is 29.3 Å². The van der Waals surface area contributed by atoms with E-state index in [0.717, 1.165) is 11.3 Å².